The number of halogens is 5. The van der Waals surface area contributed by atoms with E-state index in [1.807, 2.05) is 0 Å². The van der Waals surface area contributed by atoms with Crippen molar-refractivity contribution in [2.24, 2.45) is 5.92 Å². The van der Waals surface area contributed by atoms with Gasteiger partial charge in [0, 0.05) is 27.3 Å². The van der Waals surface area contributed by atoms with Gasteiger partial charge in [0.2, 0.25) is 5.91 Å². The average molecular weight is 574 g/mol. The molecule has 6 nitrogen and oxygen atoms in total. The Morgan fingerprint density at radius 3 is 2.17 bits per heavy atom. The van der Waals surface area contributed by atoms with Crippen LogP contribution in [0.5, 0.6) is 5.75 Å². The van der Waals surface area contributed by atoms with E-state index in [0.717, 1.165) is 0 Å². The zero-order chi connectivity index (χ0) is 25.5. The number of hydrogen-bond donors (Lipinski definition) is 3. The third kappa shape index (κ3) is 5.42. The number of amides is 2. The molecule has 4 rings (SSSR count). The number of nitrogens with two attached hydrogens (primary N) is 1. The summed E-state index contributed by atoms with van der Waals surface area (Å²) < 4.78 is 3.78. The van der Waals surface area contributed by atoms with Gasteiger partial charge >= 0.3 is 0 Å². The van der Waals surface area contributed by atoms with Gasteiger partial charge in [-0.2, -0.15) is 0 Å². The largest absolute Gasteiger partial charge is 0.495 e. The molecule has 0 spiro atoms. The zero-order valence-corrected chi connectivity index (χ0v) is 21.8. The summed E-state index contributed by atoms with van der Waals surface area (Å²) in [5.41, 5.74) is 7.86. The molecule has 2 unspecified atom stereocenters. The highest BCUT2D eigenvalue weighted by Gasteiger charge is 2.67. The zero-order valence-electron chi connectivity index (χ0n) is 18.0. The number of alkyl halides is 2. The molecule has 3 aromatic carbocycles. The van der Waals surface area contributed by atoms with Crippen molar-refractivity contribution < 1.29 is 14.3 Å². The van der Waals surface area contributed by atoms with Crippen LogP contribution in [0.2, 0.25) is 15.1 Å². The Bertz CT molecular complexity index is 1310. The van der Waals surface area contributed by atoms with E-state index in [1.165, 1.54) is 19.2 Å². The second kappa shape index (κ2) is 9.96. The lowest BCUT2D eigenvalue weighted by Gasteiger charge is -2.11. The average Bonchev–Trinajstić information content (AvgIpc) is 3.36. The number of anilines is 3. The monoisotopic (exact) mass is 571 g/mol. The van der Waals surface area contributed by atoms with Crippen molar-refractivity contribution in [3.8, 4) is 5.75 Å². The van der Waals surface area contributed by atoms with Gasteiger partial charge in [-0.15, -0.1) is 23.2 Å². The van der Waals surface area contributed by atoms with Gasteiger partial charge in [-0.1, -0.05) is 34.8 Å². The van der Waals surface area contributed by atoms with Crippen molar-refractivity contribution in [2.45, 2.75) is 10.3 Å². The van der Waals surface area contributed by atoms with E-state index >= 15 is 0 Å². The first-order valence-electron chi connectivity index (χ1n) is 10.2. The van der Waals surface area contributed by atoms with E-state index < -0.39 is 28.0 Å². The molecule has 0 aliphatic heterocycles. The summed E-state index contributed by atoms with van der Waals surface area (Å²) in [5, 5.41) is 6.49. The smallest absolute Gasteiger partial charge is 0.257 e. The van der Waals surface area contributed by atoms with Crippen molar-refractivity contribution in [1.29, 1.82) is 0 Å². The maximum absolute atomic E-state index is 13.0. The fraction of sp³-hybridized carbons (Fsp3) is 0.167. The Kier molecular flexibility index (Phi) is 7.32. The molecule has 0 aromatic heterocycles. The Morgan fingerprint density at radius 1 is 0.914 bits per heavy atom. The van der Waals surface area contributed by atoms with Gasteiger partial charge in [-0.25, -0.2) is 0 Å². The van der Waals surface area contributed by atoms with Crippen LogP contribution in [-0.2, 0) is 4.79 Å². The van der Waals surface area contributed by atoms with Gasteiger partial charge < -0.3 is 21.1 Å². The third-order valence-corrected chi connectivity index (χ3v) is 7.25. The van der Waals surface area contributed by atoms with Crippen LogP contribution in [0, 0.1) is 5.92 Å². The molecule has 4 N–H and O–H groups in total. The molecular formula is C24H18Cl5N3O3. The summed E-state index contributed by atoms with van der Waals surface area (Å²) in [6.07, 6.45) is 0. The molecule has 2 amide bonds. The molecule has 0 radical (unpaired) electrons. The summed E-state index contributed by atoms with van der Waals surface area (Å²) in [5.74, 6) is -1.68. The van der Waals surface area contributed by atoms with E-state index in [2.05, 4.69) is 10.6 Å². The number of ether oxygens (including phenoxy) is 1. The van der Waals surface area contributed by atoms with Crippen LogP contribution in [0.1, 0.15) is 21.8 Å². The fourth-order valence-electron chi connectivity index (χ4n) is 3.83. The minimum Gasteiger partial charge on any atom is -0.495 e. The standard InChI is InChI=1S/C24H18Cl5N3O3/c1-35-19-5-3-15(10-18(19)30)31-22(33)16-9-14(2-4-17(16)27)32-23(34)21-20(24(21,28)29)11-6-12(25)8-13(26)7-11/h2-10,20-21H,30H2,1H3,(H,31,33)(H,32,34). The maximum atomic E-state index is 13.0. The second-order valence-electron chi connectivity index (χ2n) is 7.93. The van der Waals surface area contributed by atoms with Crippen LogP contribution in [0.4, 0.5) is 17.1 Å². The topological polar surface area (TPSA) is 93.5 Å². The third-order valence-electron chi connectivity index (χ3n) is 5.55. The lowest BCUT2D eigenvalue weighted by atomic mass is 10.1. The van der Waals surface area contributed by atoms with Gasteiger partial charge in [0.25, 0.3) is 5.91 Å². The molecule has 0 heterocycles. The molecular weight excluding hydrogens is 556 g/mol. The minimum absolute atomic E-state index is 0.149. The number of benzene rings is 3. The first kappa shape index (κ1) is 25.7. The summed E-state index contributed by atoms with van der Waals surface area (Å²) in [7, 11) is 1.50. The predicted octanol–water partition coefficient (Wildman–Crippen LogP) is 7.02. The maximum Gasteiger partial charge on any atom is 0.257 e. The summed E-state index contributed by atoms with van der Waals surface area (Å²) in [6.45, 7) is 0. The number of methoxy groups -OCH3 is 1. The Morgan fingerprint density at radius 2 is 1.54 bits per heavy atom. The van der Waals surface area contributed by atoms with Crippen molar-refractivity contribution in [3.63, 3.8) is 0 Å². The molecule has 0 saturated heterocycles. The highest BCUT2D eigenvalue weighted by atomic mass is 35.5. The van der Waals surface area contributed by atoms with E-state index in [1.54, 1.807) is 42.5 Å². The van der Waals surface area contributed by atoms with Crippen LogP contribution in [0.3, 0.4) is 0 Å². The fourth-order valence-corrected chi connectivity index (χ4v) is 5.40. The molecule has 1 aliphatic carbocycles. The minimum atomic E-state index is -1.33. The normalized spacial score (nSPS) is 18.0. The SMILES string of the molecule is COc1ccc(NC(=O)c2cc(NC(=O)C3C(c4cc(Cl)cc(Cl)c4)C3(Cl)Cl)ccc2Cl)cc1N. The van der Waals surface area contributed by atoms with Gasteiger partial charge in [-0.05, 0) is 60.2 Å². The second-order valence-corrected chi connectivity index (χ2v) is 10.7. The number of nitrogens with one attached hydrogen (secondary N) is 2. The van der Waals surface area contributed by atoms with Crippen LogP contribution >= 0.6 is 58.0 Å². The quantitative estimate of drug-likeness (QED) is 0.218. The molecule has 1 aliphatic rings. The van der Waals surface area contributed by atoms with Crippen LogP contribution in [0.15, 0.2) is 54.6 Å². The molecule has 0 bridgehead atoms. The van der Waals surface area contributed by atoms with Crippen LogP contribution in [-0.4, -0.2) is 23.3 Å². The first-order valence-corrected chi connectivity index (χ1v) is 12.1. The molecule has 1 saturated carbocycles. The summed E-state index contributed by atoms with van der Waals surface area (Å²) in [6, 6.07) is 14.3. The number of carbonyl (C=O) groups is 2. The Hall–Kier alpha value is -2.35. The number of carbonyl (C=O) groups excluding carboxylic acids is 2. The summed E-state index contributed by atoms with van der Waals surface area (Å²) >= 11 is 31.2. The number of rotatable bonds is 6. The van der Waals surface area contributed by atoms with Gasteiger partial charge in [-0.3, -0.25) is 9.59 Å². The molecule has 182 valence electrons. The molecule has 11 heteroatoms. The molecule has 35 heavy (non-hydrogen) atoms. The first-order chi connectivity index (χ1) is 16.5. The van der Waals surface area contributed by atoms with Crippen molar-refractivity contribution >= 4 is 86.9 Å². The lowest BCUT2D eigenvalue weighted by molar-refractivity contribution is -0.117. The van der Waals surface area contributed by atoms with E-state index in [0.29, 0.717) is 38.4 Å². The highest BCUT2D eigenvalue weighted by Crippen LogP contribution is 2.65. The van der Waals surface area contributed by atoms with Gasteiger partial charge in [0.05, 0.1) is 29.3 Å². The lowest BCUT2D eigenvalue weighted by Crippen LogP contribution is -2.18. The van der Waals surface area contributed by atoms with Crippen LogP contribution in [0.25, 0.3) is 0 Å². The predicted molar refractivity (Wildman–Crippen MR) is 143 cm³/mol. The van der Waals surface area contributed by atoms with Crippen LogP contribution < -0.4 is 21.1 Å². The Labute approximate surface area is 226 Å². The molecule has 3 aromatic rings. The molecule has 2 atom stereocenters. The number of nitrogen functional groups attached to an aromatic ring is 1. The van der Waals surface area contributed by atoms with Crippen molar-refractivity contribution in [3.05, 3.63) is 80.8 Å². The van der Waals surface area contributed by atoms with E-state index in [9.17, 15) is 9.59 Å². The van der Waals surface area contributed by atoms with Gasteiger partial charge in [0.15, 0.2) is 0 Å². The molecule has 1 fully saturated rings. The van der Waals surface area contributed by atoms with Crippen molar-refractivity contribution in [1.82, 2.24) is 0 Å². The van der Waals surface area contributed by atoms with E-state index in [4.69, 9.17) is 68.5 Å². The Balaban J connectivity index is 1.50. The van der Waals surface area contributed by atoms with E-state index in [-0.39, 0.29) is 10.6 Å². The van der Waals surface area contributed by atoms with Crippen molar-refractivity contribution in [2.75, 3.05) is 23.5 Å². The summed E-state index contributed by atoms with van der Waals surface area (Å²) in [4.78, 5) is 25.8. The van der Waals surface area contributed by atoms with Gasteiger partial charge in [0.1, 0.15) is 10.1 Å². The number of hydrogen-bond acceptors (Lipinski definition) is 4. The highest BCUT2D eigenvalue weighted by molar-refractivity contribution is 6.53.